The van der Waals surface area contributed by atoms with E-state index in [9.17, 15) is 9.18 Å². The van der Waals surface area contributed by atoms with Crippen LogP contribution in [0.15, 0.2) is 59.3 Å². The van der Waals surface area contributed by atoms with Crippen LogP contribution in [-0.2, 0) is 16.0 Å². The molecular weight excluding hydrogens is 383 g/mol. The number of hydrogen-bond donors (Lipinski definition) is 0. The number of ether oxygens (including phenoxy) is 2. The molecular formula is C24H25FN2O3. The highest BCUT2D eigenvalue weighted by molar-refractivity contribution is 6.06. The van der Waals surface area contributed by atoms with Crippen molar-refractivity contribution in [3.05, 3.63) is 76.7 Å². The number of methoxy groups -OCH3 is 1. The Balaban J connectivity index is 1.78. The minimum atomic E-state index is -0.409. The number of carbonyl (C=O) groups excluding carboxylic acids is 1. The molecule has 30 heavy (non-hydrogen) atoms. The maximum Gasteiger partial charge on any atom is 0.332 e. The Bertz CT molecular complexity index is 1030. The molecule has 156 valence electrons. The Hall–Kier alpha value is -3.15. The van der Waals surface area contributed by atoms with Crippen LogP contribution in [-0.4, -0.2) is 30.4 Å². The summed E-state index contributed by atoms with van der Waals surface area (Å²) in [4.78, 5) is 12.0. The second-order valence-corrected chi connectivity index (χ2v) is 7.54. The lowest BCUT2D eigenvalue weighted by Gasteiger charge is -2.31. The van der Waals surface area contributed by atoms with Crippen molar-refractivity contribution < 1.29 is 18.7 Å². The zero-order valence-electron chi connectivity index (χ0n) is 17.4. The highest BCUT2D eigenvalue weighted by Crippen LogP contribution is 2.45. The number of fused-ring (bicyclic) bond motifs is 3. The van der Waals surface area contributed by atoms with Crippen LogP contribution in [0.5, 0.6) is 5.75 Å². The minimum Gasteiger partial charge on any atom is -0.497 e. The van der Waals surface area contributed by atoms with Gasteiger partial charge in [-0.3, -0.25) is 5.01 Å². The van der Waals surface area contributed by atoms with Gasteiger partial charge in [0.1, 0.15) is 11.6 Å². The van der Waals surface area contributed by atoms with Gasteiger partial charge < -0.3 is 9.47 Å². The summed E-state index contributed by atoms with van der Waals surface area (Å²) in [6.07, 6.45) is 3.21. The van der Waals surface area contributed by atoms with E-state index in [2.05, 4.69) is 6.07 Å². The number of aryl methyl sites for hydroxylation is 1. The van der Waals surface area contributed by atoms with Gasteiger partial charge in [-0.2, -0.15) is 5.10 Å². The summed E-state index contributed by atoms with van der Waals surface area (Å²) in [5.74, 6) is 0.225. The second-order valence-electron chi connectivity index (χ2n) is 7.54. The molecule has 4 rings (SSSR count). The molecule has 0 aromatic heterocycles. The molecule has 0 amide bonds. The second kappa shape index (κ2) is 8.30. The van der Waals surface area contributed by atoms with Crippen molar-refractivity contribution in [1.29, 1.82) is 0 Å². The van der Waals surface area contributed by atoms with E-state index in [1.165, 1.54) is 17.7 Å². The highest BCUT2D eigenvalue weighted by atomic mass is 19.1. The van der Waals surface area contributed by atoms with E-state index in [1.807, 2.05) is 30.1 Å². The van der Waals surface area contributed by atoms with Crippen molar-refractivity contribution >= 4 is 11.7 Å². The molecule has 1 aliphatic heterocycles. The summed E-state index contributed by atoms with van der Waals surface area (Å²) < 4.78 is 24.5. The lowest BCUT2D eigenvalue weighted by Crippen LogP contribution is -2.28. The van der Waals surface area contributed by atoms with Crippen LogP contribution >= 0.6 is 0 Å². The molecule has 0 unspecified atom stereocenters. The number of allylic oxidation sites excluding steroid dienone is 1. The zero-order chi connectivity index (χ0) is 21.3. The standard InChI is InChI=1S/C24H25FN2O3/c1-4-30-22(28)12-15(2)27-24(17-6-5-7-18(25)13-17)21-10-8-16-14-19(29-3)9-11-20(16)23(21)26-27/h5-7,9,11-14,21,24H,4,8,10H2,1-3H3/b15-12+/t21-,24+/m0/s1. The van der Waals surface area contributed by atoms with Gasteiger partial charge in [0, 0.05) is 23.3 Å². The zero-order valence-corrected chi connectivity index (χ0v) is 17.4. The number of rotatable bonds is 5. The van der Waals surface area contributed by atoms with E-state index >= 15 is 0 Å². The molecule has 0 N–H and O–H groups in total. The smallest absolute Gasteiger partial charge is 0.332 e. The maximum atomic E-state index is 14.0. The SMILES string of the molecule is CCOC(=O)/C=C(\C)N1N=C2c3ccc(OC)cc3CC[C@@H]2[C@H]1c1cccc(F)c1. The summed E-state index contributed by atoms with van der Waals surface area (Å²) >= 11 is 0. The van der Waals surface area contributed by atoms with E-state index in [4.69, 9.17) is 14.6 Å². The highest BCUT2D eigenvalue weighted by Gasteiger charge is 2.42. The van der Waals surface area contributed by atoms with Crippen LogP contribution in [0, 0.1) is 11.7 Å². The minimum absolute atomic E-state index is 0.0956. The van der Waals surface area contributed by atoms with Crippen LogP contribution in [0.1, 0.15) is 43.0 Å². The van der Waals surface area contributed by atoms with Gasteiger partial charge >= 0.3 is 5.97 Å². The van der Waals surface area contributed by atoms with Crippen molar-refractivity contribution in [3.63, 3.8) is 0 Å². The first-order valence-electron chi connectivity index (χ1n) is 10.2. The Morgan fingerprint density at radius 1 is 1.30 bits per heavy atom. The van der Waals surface area contributed by atoms with E-state index in [0.717, 1.165) is 35.4 Å². The number of nitrogens with zero attached hydrogens (tertiary/aromatic N) is 2. The molecule has 2 aromatic rings. The van der Waals surface area contributed by atoms with Crippen molar-refractivity contribution in [2.24, 2.45) is 11.0 Å². The van der Waals surface area contributed by atoms with Crippen molar-refractivity contribution in [2.75, 3.05) is 13.7 Å². The molecule has 2 atom stereocenters. The first kappa shape index (κ1) is 20.1. The molecule has 1 heterocycles. The predicted octanol–water partition coefficient (Wildman–Crippen LogP) is 4.62. The Kier molecular flexibility index (Phi) is 5.57. The largest absolute Gasteiger partial charge is 0.497 e. The lowest BCUT2D eigenvalue weighted by molar-refractivity contribution is -0.137. The fourth-order valence-electron chi connectivity index (χ4n) is 4.37. The summed E-state index contributed by atoms with van der Waals surface area (Å²) in [5.41, 5.74) is 4.74. The van der Waals surface area contributed by atoms with Gasteiger partial charge in [0.05, 0.1) is 25.5 Å². The first-order chi connectivity index (χ1) is 14.5. The number of esters is 1. The number of benzene rings is 2. The lowest BCUT2D eigenvalue weighted by atomic mass is 9.77. The van der Waals surface area contributed by atoms with Crippen LogP contribution in [0.3, 0.4) is 0 Å². The fourth-order valence-corrected chi connectivity index (χ4v) is 4.37. The molecule has 0 radical (unpaired) electrons. The van der Waals surface area contributed by atoms with Crippen LogP contribution < -0.4 is 4.74 Å². The molecule has 2 aliphatic rings. The Morgan fingerprint density at radius 3 is 2.87 bits per heavy atom. The van der Waals surface area contributed by atoms with E-state index in [0.29, 0.717) is 12.3 Å². The molecule has 2 aromatic carbocycles. The van der Waals surface area contributed by atoms with Crippen LogP contribution in [0.25, 0.3) is 0 Å². The van der Waals surface area contributed by atoms with Crippen LogP contribution in [0.2, 0.25) is 0 Å². The molecule has 0 spiro atoms. The average molecular weight is 408 g/mol. The van der Waals surface area contributed by atoms with E-state index in [1.54, 1.807) is 26.2 Å². The summed E-state index contributed by atoms with van der Waals surface area (Å²) in [6, 6.07) is 12.5. The third kappa shape index (κ3) is 3.70. The number of hydrogen-bond acceptors (Lipinski definition) is 5. The fraction of sp³-hybridized carbons (Fsp3) is 0.333. The summed E-state index contributed by atoms with van der Waals surface area (Å²) in [7, 11) is 1.66. The van der Waals surface area contributed by atoms with E-state index < -0.39 is 5.97 Å². The third-order valence-electron chi connectivity index (χ3n) is 5.69. The summed E-state index contributed by atoms with van der Waals surface area (Å²) in [6.45, 7) is 3.91. The van der Waals surface area contributed by atoms with Crippen molar-refractivity contribution in [2.45, 2.75) is 32.7 Å². The normalized spacial score (nSPS) is 20.3. The van der Waals surface area contributed by atoms with Gasteiger partial charge in [-0.25, -0.2) is 9.18 Å². The van der Waals surface area contributed by atoms with Crippen molar-refractivity contribution in [1.82, 2.24) is 5.01 Å². The summed E-state index contributed by atoms with van der Waals surface area (Å²) in [5, 5.41) is 6.76. The monoisotopic (exact) mass is 408 g/mol. The first-order valence-corrected chi connectivity index (χ1v) is 10.2. The number of hydrazone groups is 1. The van der Waals surface area contributed by atoms with Gasteiger partial charge in [-0.15, -0.1) is 0 Å². The molecule has 6 heteroatoms. The predicted molar refractivity (Wildman–Crippen MR) is 113 cm³/mol. The van der Waals surface area contributed by atoms with Gasteiger partial charge in [0.25, 0.3) is 0 Å². The number of halogens is 1. The number of carbonyl (C=O) groups is 1. The average Bonchev–Trinajstić information content (AvgIpc) is 3.13. The van der Waals surface area contributed by atoms with E-state index in [-0.39, 0.29) is 17.8 Å². The molecule has 0 fully saturated rings. The van der Waals surface area contributed by atoms with Gasteiger partial charge in [-0.05, 0) is 68.1 Å². The van der Waals surface area contributed by atoms with Gasteiger partial charge in [0.2, 0.25) is 0 Å². The molecule has 0 saturated heterocycles. The van der Waals surface area contributed by atoms with Crippen LogP contribution in [0.4, 0.5) is 4.39 Å². The molecule has 5 nitrogen and oxygen atoms in total. The van der Waals surface area contributed by atoms with Gasteiger partial charge in [0.15, 0.2) is 0 Å². The Morgan fingerprint density at radius 2 is 2.13 bits per heavy atom. The maximum absolute atomic E-state index is 14.0. The van der Waals surface area contributed by atoms with Gasteiger partial charge in [-0.1, -0.05) is 12.1 Å². The molecule has 0 saturated carbocycles. The Labute approximate surface area is 175 Å². The quantitative estimate of drug-likeness (QED) is 0.535. The topological polar surface area (TPSA) is 51.1 Å². The molecule has 0 bridgehead atoms. The third-order valence-corrected chi connectivity index (χ3v) is 5.69. The van der Waals surface area contributed by atoms with Crippen molar-refractivity contribution in [3.8, 4) is 5.75 Å². The molecule has 1 aliphatic carbocycles.